The van der Waals surface area contributed by atoms with Crippen molar-refractivity contribution in [1.82, 2.24) is 0 Å². The lowest BCUT2D eigenvalue weighted by atomic mass is 10.2. The molecule has 1 aromatic carbocycles. The van der Waals surface area contributed by atoms with Crippen LogP contribution >= 0.6 is 46.6 Å². The molecule has 0 nitrogen and oxygen atoms in total. The lowest BCUT2D eigenvalue weighted by Gasteiger charge is -1.96. The highest BCUT2D eigenvalue weighted by atomic mass is 127. The fourth-order valence-corrected chi connectivity index (χ4v) is 2.99. The normalized spacial score (nSPS) is 10.9. The van der Waals surface area contributed by atoms with Crippen LogP contribution in [-0.4, -0.2) is 0 Å². The number of thiol groups is 1. The van der Waals surface area contributed by atoms with Crippen molar-refractivity contribution in [2.45, 2.75) is 4.90 Å². The summed E-state index contributed by atoms with van der Waals surface area (Å²) in [7, 11) is 0. The molecule has 2 rings (SSSR count). The van der Waals surface area contributed by atoms with E-state index < -0.39 is 0 Å². The third-order valence-corrected chi connectivity index (χ3v) is 4.88. The summed E-state index contributed by atoms with van der Waals surface area (Å²) < 4.78 is 15.1. The van der Waals surface area contributed by atoms with Gasteiger partial charge in [0.2, 0.25) is 0 Å². The third kappa shape index (κ3) is 1.25. The largest absolute Gasteiger partial charge is 0.205 e. The fraction of sp³-hybridized carbons (Fsp3) is 0. The van der Waals surface area contributed by atoms with Crippen molar-refractivity contribution in [2.24, 2.45) is 0 Å². The average molecular weight is 310 g/mol. The minimum absolute atomic E-state index is 0.138. The molecule has 0 N–H and O–H groups in total. The number of hydrogen-bond donors (Lipinski definition) is 1. The summed E-state index contributed by atoms with van der Waals surface area (Å²) in [5.74, 6) is -0.138. The highest BCUT2D eigenvalue weighted by Crippen LogP contribution is 2.32. The molecule has 0 saturated heterocycles. The van der Waals surface area contributed by atoms with E-state index in [9.17, 15) is 4.39 Å². The Hall–Kier alpha value is 0.190. The quantitative estimate of drug-likeness (QED) is 0.553. The van der Waals surface area contributed by atoms with Gasteiger partial charge in [-0.2, -0.15) is 0 Å². The van der Waals surface area contributed by atoms with Gasteiger partial charge in [-0.15, -0.1) is 24.0 Å². The Morgan fingerprint density at radius 3 is 2.92 bits per heavy atom. The number of thiophene rings is 1. The molecule has 0 spiro atoms. The summed E-state index contributed by atoms with van der Waals surface area (Å²) in [6.45, 7) is 0. The second-order valence-electron chi connectivity index (χ2n) is 2.36. The zero-order chi connectivity index (χ0) is 8.72. The maximum Gasteiger partial charge on any atom is 0.141 e. The summed E-state index contributed by atoms with van der Waals surface area (Å²) in [6.07, 6.45) is 0. The highest BCUT2D eigenvalue weighted by Gasteiger charge is 2.07. The lowest BCUT2D eigenvalue weighted by molar-refractivity contribution is 0.644. The standard InChI is InChI=1S/C8H4FIS2/c9-5-3-12-8-4(5)1-2-6(11)7(8)10/h1-3,11H. The Morgan fingerprint density at radius 1 is 1.42 bits per heavy atom. The van der Waals surface area contributed by atoms with E-state index >= 15 is 0 Å². The summed E-state index contributed by atoms with van der Waals surface area (Å²) in [5, 5.41) is 2.22. The molecule has 0 saturated carbocycles. The van der Waals surface area contributed by atoms with Crippen LogP contribution in [0.2, 0.25) is 0 Å². The maximum absolute atomic E-state index is 13.0. The Balaban J connectivity index is 2.93. The van der Waals surface area contributed by atoms with Gasteiger partial charge in [-0.25, -0.2) is 4.39 Å². The topological polar surface area (TPSA) is 0 Å². The Kier molecular flexibility index (Phi) is 2.31. The van der Waals surface area contributed by atoms with Crippen molar-refractivity contribution in [1.29, 1.82) is 0 Å². The predicted molar refractivity (Wildman–Crippen MR) is 61.8 cm³/mol. The summed E-state index contributed by atoms with van der Waals surface area (Å²) in [6, 6.07) is 3.59. The number of rotatable bonds is 0. The lowest BCUT2D eigenvalue weighted by Crippen LogP contribution is -1.75. The summed E-state index contributed by atoms with van der Waals surface area (Å²) >= 11 is 7.87. The Labute approximate surface area is 92.3 Å². The van der Waals surface area contributed by atoms with E-state index in [1.807, 2.05) is 6.07 Å². The third-order valence-electron chi connectivity index (χ3n) is 1.61. The number of benzene rings is 1. The molecule has 4 heteroatoms. The van der Waals surface area contributed by atoms with Crippen molar-refractivity contribution in [2.75, 3.05) is 0 Å². The van der Waals surface area contributed by atoms with Crippen molar-refractivity contribution in [3.05, 3.63) is 26.9 Å². The van der Waals surface area contributed by atoms with Gasteiger partial charge in [0.15, 0.2) is 0 Å². The van der Waals surface area contributed by atoms with Gasteiger partial charge >= 0.3 is 0 Å². The zero-order valence-electron chi connectivity index (χ0n) is 5.84. The van der Waals surface area contributed by atoms with E-state index in [-0.39, 0.29) is 5.82 Å². The molecule has 0 fully saturated rings. The number of fused-ring (bicyclic) bond motifs is 1. The van der Waals surface area contributed by atoms with Gasteiger partial charge in [-0.3, -0.25) is 0 Å². The van der Waals surface area contributed by atoms with E-state index in [1.165, 1.54) is 16.7 Å². The number of hydrogen-bond acceptors (Lipinski definition) is 2. The van der Waals surface area contributed by atoms with Crippen LogP contribution in [-0.2, 0) is 0 Å². The molecule has 0 aliphatic heterocycles. The zero-order valence-corrected chi connectivity index (χ0v) is 9.71. The second kappa shape index (κ2) is 3.16. The van der Waals surface area contributed by atoms with Crippen LogP contribution in [0.4, 0.5) is 4.39 Å². The van der Waals surface area contributed by atoms with Gasteiger partial charge in [0.05, 0.1) is 4.70 Å². The van der Waals surface area contributed by atoms with E-state index in [0.29, 0.717) is 5.39 Å². The van der Waals surface area contributed by atoms with E-state index in [0.717, 1.165) is 13.2 Å². The molecule has 0 unspecified atom stereocenters. The van der Waals surface area contributed by atoms with Crippen LogP contribution in [0, 0.1) is 9.39 Å². The highest BCUT2D eigenvalue weighted by molar-refractivity contribution is 14.1. The Bertz CT molecular complexity index is 436. The second-order valence-corrected chi connectivity index (χ2v) is 4.80. The summed E-state index contributed by atoms with van der Waals surface area (Å²) in [5.41, 5.74) is 0. The molecule has 0 aliphatic carbocycles. The molecule has 0 amide bonds. The van der Waals surface area contributed by atoms with Crippen LogP contribution in [0.3, 0.4) is 0 Å². The SMILES string of the molecule is Fc1csc2c(I)c(S)ccc12. The molecule has 1 heterocycles. The number of halogens is 2. The molecule has 0 atom stereocenters. The van der Waals surface area contributed by atoms with Crippen molar-refractivity contribution in [3.63, 3.8) is 0 Å². The van der Waals surface area contributed by atoms with Gasteiger partial charge in [0.25, 0.3) is 0 Å². The average Bonchev–Trinajstić information content (AvgIpc) is 2.41. The molecule has 0 bridgehead atoms. The molecule has 0 radical (unpaired) electrons. The first-order valence-corrected chi connectivity index (χ1v) is 5.65. The monoisotopic (exact) mass is 310 g/mol. The van der Waals surface area contributed by atoms with Crippen LogP contribution in [0.15, 0.2) is 22.4 Å². The maximum atomic E-state index is 13.0. The van der Waals surface area contributed by atoms with Crippen LogP contribution in [0.25, 0.3) is 10.1 Å². The summed E-state index contributed by atoms with van der Waals surface area (Å²) in [4.78, 5) is 0.907. The van der Waals surface area contributed by atoms with E-state index in [4.69, 9.17) is 0 Å². The molecule has 1 aromatic heterocycles. The van der Waals surface area contributed by atoms with Crippen LogP contribution in [0.5, 0.6) is 0 Å². The molecular formula is C8H4FIS2. The minimum atomic E-state index is -0.138. The predicted octanol–water partition coefficient (Wildman–Crippen LogP) is 3.93. The van der Waals surface area contributed by atoms with Crippen LogP contribution < -0.4 is 0 Å². The Morgan fingerprint density at radius 2 is 2.17 bits per heavy atom. The first kappa shape index (κ1) is 8.77. The van der Waals surface area contributed by atoms with Crippen LogP contribution in [0.1, 0.15) is 0 Å². The van der Waals surface area contributed by atoms with E-state index in [2.05, 4.69) is 35.2 Å². The van der Waals surface area contributed by atoms with Crippen molar-refractivity contribution in [3.8, 4) is 0 Å². The molecular weight excluding hydrogens is 306 g/mol. The molecule has 62 valence electrons. The van der Waals surface area contributed by atoms with Gasteiger partial charge in [0, 0.05) is 19.2 Å². The molecule has 0 aliphatic rings. The van der Waals surface area contributed by atoms with Gasteiger partial charge in [-0.05, 0) is 34.7 Å². The molecule has 12 heavy (non-hydrogen) atoms. The van der Waals surface area contributed by atoms with Crippen molar-refractivity contribution < 1.29 is 4.39 Å². The van der Waals surface area contributed by atoms with Gasteiger partial charge < -0.3 is 0 Å². The minimum Gasteiger partial charge on any atom is -0.205 e. The van der Waals surface area contributed by atoms with Gasteiger partial charge in [-0.1, -0.05) is 0 Å². The first-order valence-electron chi connectivity index (χ1n) is 3.24. The van der Waals surface area contributed by atoms with Crippen molar-refractivity contribution >= 4 is 56.6 Å². The van der Waals surface area contributed by atoms with E-state index in [1.54, 1.807) is 6.07 Å². The smallest absolute Gasteiger partial charge is 0.141 e. The fourth-order valence-electron chi connectivity index (χ4n) is 1.02. The van der Waals surface area contributed by atoms with Gasteiger partial charge in [0.1, 0.15) is 5.82 Å². The first-order chi connectivity index (χ1) is 5.70. The molecule has 2 aromatic rings.